The Morgan fingerprint density at radius 3 is 2.50 bits per heavy atom. The summed E-state index contributed by atoms with van der Waals surface area (Å²) in [5.41, 5.74) is 1.11. The van der Waals surface area contributed by atoms with Gasteiger partial charge >= 0.3 is 17.9 Å². The Balaban J connectivity index is 1.72. The van der Waals surface area contributed by atoms with Gasteiger partial charge in [0.05, 0.1) is 13.3 Å². The monoisotopic (exact) mass is 298 g/mol. The molecule has 2 aromatic carbocycles. The van der Waals surface area contributed by atoms with E-state index in [1.54, 1.807) is 24.3 Å². The molecule has 0 N–H and O–H groups in total. The smallest absolute Gasteiger partial charge is 0.418 e. The molecule has 5 heteroatoms. The summed E-state index contributed by atoms with van der Waals surface area (Å²) in [6, 6.07) is 15.8. The third-order valence-corrected chi connectivity index (χ3v) is 3.17. The van der Waals surface area contributed by atoms with Gasteiger partial charge < -0.3 is 14.2 Å². The van der Waals surface area contributed by atoms with Crippen LogP contribution in [0.15, 0.2) is 54.6 Å². The molecule has 0 spiro atoms. The molecule has 22 heavy (non-hydrogen) atoms. The lowest BCUT2D eigenvalue weighted by molar-refractivity contribution is -0.292. The van der Waals surface area contributed by atoms with E-state index in [9.17, 15) is 9.59 Å². The predicted octanol–water partition coefficient (Wildman–Crippen LogP) is 2.70. The minimum Gasteiger partial charge on any atom is -0.420 e. The van der Waals surface area contributed by atoms with Crippen LogP contribution in [-0.2, 0) is 20.7 Å². The Morgan fingerprint density at radius 1 is 1.05 bits per heavy atom. The Hall–Kier alpha value is -2.82. The Bertz CT molecular complexity index is 710. The number of carbonyl (C=O) groups is 2. The molecule has 0 fully saturated rings. The molecule has 0 bridgehead atoms. The zero-order valence-electron chi connectivity index (χ0n) is 11.9. The van der Waals surface area contributed by atoms with Gasteiger partial charge in [-0.15, -0.1) is 0 Å². The summed E-state index contributed by atoms with van der Waals surface area (Å²) in [6.07, 6.45) is 0.0684. The molecule has 5 nitrogen and oxygen atoms in total. The maximum atomic E-state index is 12.0. The number of para-hydroxylation sites is 1. The molecule has 0 saturated heterocycles. The predicted molar refractivity (Wildman–Crippen MR) is 77.1 cm³/mol. The van der Waals surface area contributed by atoms with Gasteiger partial charge in [0, 0.05) is 0 Å². The molecule has 1 atom stereocenters. The van der Waals surface area contributed by atoms with Crippen molar-refractivity contribution in [3.8, 4) is 5.75 Å². The molecule has 3 rings (SSSR count). The number of esters is 2. The highest BCUT2D eigenvalue weighted by molar-refractivity contribution is 5.93. The van der Waals surface area contributed by atoms with Crippen molar-refractivity contribution >= 4 is 11.9 Å². The molecule has 0 radical (unpaired) electrons. The molecule has 0 aliphatic carbocycles. The molecular formula is C17H14O5. The minimum absolute atomic E-state index is 0.0684. The van der Waals surface area contributed by atoms with Crippen LogP contribution in [0.1, 0.15) is 22.8 Å². The molecule has 0 amide bonds. The van der Waals surface area contributed by atoms with Crippen molar-refractivity contribution in [2.45, 2.75) is 19.3 Å². The van der Waals surface area contributed by atoms with Crippen LogP contribution in [0.3, 0.4) is 0 Å². The number of fused-ring (bicyclic) bond motifs is 1. The highest BCUT2D eigenvalue weighted by atomic mass is 16.9. The van der Waals surface area contributed by atoms with Crippen molar-refractivity contribution in [3.63, 3.8) is 0 Å². The number of cyclic esters (lactones) is 1. The van der Waals surface area contributed by atoms with Crippen LogP contribution < -0.4 is 4.74 Å². The standard InChI is InChI=1S/C17H14O5/c1-17(21-15(18)11-12-7-3-2-4-8-12)20-14-10-6-5-9-13(14)16(19)22-17/h2-10H,11H2,1H3. The van der Waals surface area contributed by atoms with Gasteiger partial charge in [-0.1, -0.05) is 42.5 Å². The fraction of sp³-hybridized carbons (Fsp3) is 0.176. The highest BCUT2D eigenvalue weighted by Crippen LogP contribution is 2.31. The van der Waals surface area contributed by atoms with Crippen molar-refractivity contribution in [2.24, 2.45) is 0 Å². The van der Waals surface area contributed by atoms with Gasteiger partial charge in [-0.3, -0.25) is 4.79 Å². The quantitative estimate of drug-likeness (QED) is 0.815. The number of ether oxygens (including phenoxy) is 3. The second-order valence-corrected chi connectivity index (χ2v) is 4.99. The Morgan fingerprint density at radius 2 is 1.73 bits per heavy atom. The fourth-order valence-corrected chi connectivity index (χ4v) is 2.22. The second-order valence-electron chi connectivity index (χ2n) is 4.99. The average molecular weight is 298 g/mol. The van der Waals surface area contributed by atoms with E-state index < -0.39 is 17.9 Å². The molecular weight excluding hydrogens is 284 g/mol. The molecule has 1 aliphatic heterocycles. The van der Waals surface area contributed by atoms with Crippen LogP contribution >= 0.6 is 0 Å². The van der Waals surface area contributed by atoms with Gasteiger partial charge in [0.1, 0.15) is 11.3 Å². The summed E-state index contributed by atoms with van der Waals surface area (Å²) in [5, 5.41) is 0. The van der Waals surface area contributed by atoms with E-state index in [2.05, 4.69) is 0 Å². The lowest BCUT2D eigenvalue weighted by Gasteiger charge is -2.33. The van der Waals surface area contributed by atoms with Crippen LogP contribution in [0.5, 0.6) is 5.75 Å². The first-order valence-electron chi connectivity index (χ1n) is 6.83. The SMILES string of the molecule is CC1(OC(=O)Cc2ccccc2)OC(=O)c2ccccc2O1. The summed E-state index contributed by atoms with van der Waals surface area (Å²) >= 11 is 0. The van der Waals surface area contributed by atoms with Crippen molar-refractivity contribution in [3.05, 3.63) is 65.7 Å². The van der Waals surface area contributed by atoms with Gasteiger partial charge in [-0.2, -0.15) is 0 Å². The first-order chi connectivity index (χ1) is 10.6. The Kier molecular flexibility index (Phi) is 3.55. The van der Waals surface area contributed by atoms with E-state index >= 15 is 0 Å². The van der Waals surface area contributed by atoms with E-state index in [1.165, 1.54) is 6.92 Å². The van der Waals surface area contributed by atoms with Crippen LogP contribution in [0, 0.1) is 0 Å². The zero-order valence-corrected chi connectivity index (χ0v) is 11.9. The normalized spacial score (nSPS) is 19.6. The first kappa shape index (κ1) is 14.1. The van der Waals surface area contributed by atoms with E-state index in [4.69, 9.17) is 14.2 Å². The summed E-state index contributed by atoms with van der Waals surface area (Å²) in [5.74, 6) is -2.55. The maximum absolute atomic E-state index is 12.0. The van der Waals surface area contributed by atoms with Gasteiger partial charge in [0.15, 0.2) is 0 Å². The van der Waals surface area contributed by atoms with Crippen molar-refractivity contribution in [1.82, 2.24) is 0 Å². The summed E-state index contributed by atoms with van der Waals surface area (Å²) in [4.78, 5) is 24.0. The molecule has 0 saturated carbocycles. The number of rotatable bonds is 3. The molecule has 2 aromatic rings. The van der Waals surface area contributed by atoms with E-state index in [0.29, 0.717) is 11.3 Å². The number of carbonyl (C=O) groups excluding carboxylic acids is 2. The highest BCUT2D eigenvalue weighted by Gasteiger charge is 2.41. The van der Waals surface area contributed by atoms with Gasteiger partial charge in [0.25, 0.3) is 0 Å². The first-order valence-corrected chi connectivity index (χ1v) is 6.83. The largest absolute Gasteiger partial charge is 0.420 e. The fourth-order valence-electron chi connectivity index (χ4n) is 2.22. The van der Waals surface area contributed by atoms with Crippen molar-refractivity contribution in [1.29, 1.82) is 0 Å². The number of benzene rings is 2. The van der Waals surface area contributed by atoms with Crippen LogP contribution in [0.2, 0.25) is 0 Å². The van der Waals surface area contributed by atoms with Crippen LogP contribution in [0.4, 0.5) is 0 Å². The van der Waals surface area contributed by atoms with Gasteiger partial charge in [0.2, 0.25) is 0 Å². The minimum atomic E-state index is -1.75. The average Bonchev–Trinajstić information content (AvgIpc) is 2.47. The molecule has 0 aromatic heterocycles. The third-order valence-electron chi connectivity index (χ3n) is 3.17. The maximum Gasteiger partial charge on any atom is 0.418 e. The van der Waals surface area contributed by atoms with Crippen molar-refractivity contribution < 1.29 is 23.8 Å². The summed E-state index contributed by atoms with van der Waals surface area (Å²) < 4.78 is 15.8. The molecule has 1 heterocycles. The van der Waals surface area contributed by atoms with E-state index in [0.717, 1.165) is 5.56 Å². The van der Waals surface area contributed by atoms with Crippen molar-refractivity contribution in [2.75, 3.05) is 0 Å². The molecule has 112 valence electrons. The van der Waals surface area contributed by atoms with E-state index in [1.807, 2.05) is 30.3 Å². The van der Waals surface area contributed by atoms with Gasteiger partial charge in [-0.25, -0.2) is 4.79 Å². The van der Waals surface area contributed by atoms with E-state index in [-0.39, 0.29) is 6.42 Å². The van der Waals surface area contributed by atoms with Gasteiger partial charge in [-0.05, 0) is 17.7 Å². The zero-order chi connectivity index (χ0) is 15.6. The lowest BCUT2D eigenvalue weighted by atomic mass is 10.1. The lowest BCUT2D eigenvalue weighted by Crippen LogP contribution is -2.46. The second kappa shape index (κ2) is 5.52. The topological polar surface area (TPSA) is 61.8 Å². The molecule has 1 unspecified atom stereocenters. The summed E-state index contributed by atoms with van der Waals surface area (Å²) in [6.45, 7) is 1.39. The number of hydrogen-bond acceptors (Lipinski definition) is 5. The van der Waals surface area contributed by atoms with Crippen LogP contribution in [0.25, 0.3) is 0 Å². The summed E-state index contributed by atoms with van der Waals surface area (Å²) in [7, 11) is 0. The third kappa shape index (κ3) is 2.93. The molecule has 1 aliphatic rings. The van der Waals surface area contributed by atoms with Crippen LogP contribution in [-0.4, -0.2) is 17.9 Å². The number of hydrogen-bond donors (Lipinski definition) is 0. The Labute approximate surface area is 127 Å².